The van der Waals surface area contributed by atoms with Gasteiger partial charge in [-0.15, -0.1) is 0 Å². The molecule has 0 fully saturated rings. The lowest BCUT2D eigenvalue weighted by Crippen LogP contribution is -2.27. The Kier molecular flexibility index (Phi) is 7.10. The van der Waals surface area contributed by atoms with Gasteiger partial charge in [-0.3, -0.25) is 9.59 Å². The standard InChI is InChI=1S/C15H19Cl2FN2O2/c1-9(14-10(16)7-8-11(18)15(14)17)19-12(21)5-4-6-13(22)20(2)3/h7-9H,4-6H2,1-3H3,(H,19,21)/t9-/m1/s1. The van der Waals surface area contributed by atoms with Crippen molar-refractivity contribution in [3.8, 4) is 0 Å². The van der Waals surface area contributed by atoms with Gasteiger partial charge in [0.25, 0.3) is 0 Å². The van der Waals surface area contributed by atoms with Crippen LogP contribution >= 0.6 is 23.2 Å². The first-order chi connectivity index (χ1) is 10.2. The first-order valence-corrected chi connectivity index (χ1v) is 7.62. The maximum Gasteiger partial charge on any atom is 0.222 e. The average Bonchev–Trinajstić information content (AvgIpc) is 2.43. The molecule has 0 aliphatic carbocycles. The third-order valence-corrected chi connectivity index (χ3v) is 3.90. The van der Waals surface area contributed by atoms with Crippen LogP contribution in [-0.4, -0.2) is 30.8 Å². The van der Waals surface area contributed by atoms with E-state index >= 15 is 0 Å². The van der Waals surface area contributed by atoms with Gasteiger partial charge in [-0.05, 0) is 25.5 Å². The van der Waals surface area contributed by atoms with Crippen LogP contribution in [0.5, 0.6) is 0 Å². The summed E-state index contributed by atoms with van der Waals surface area (Å²) in [6.07, 6.45) is 0.949. The van der Waals surface area contributed by atoms with Gasteiger partial charge in [-0.25, -0.2) is 4.39 Å². The monoisotopic (exact) mass is 348 g/mol. The Bertz CT molecular complexity index is 565. The second kappa shape index (κ2) is 8.34. The highest BCUT2D eigenvalue weighted by molar-refractivity contribution is 6.36. The van der Waals surface area contributed by atoms with Crippen molar-refractivity contribution in [2.75, 3.05) is 14.1 Å². The van der Waals surface area contributed by atoms with E-state index in [0.29, 0.717) is 23.4 Å². The van der Waals surface area contributed by atoms with Gasteiger partial charge in [0.1, 0.15) is 5.82 Å². The fourth-order valence-corrected chi connectivity index (χ4v) is 2.65. The lowest BCUT2D eigenvalue weighted by molar-refractivity contribution is -0.129. The van der Waals surface area contributed by atoms with Crippen molar-refractivity contribution in [1.29, 1.82) is 0 Å². The summed E-state index contributed by atoms with van der Waals surface area (Å²) < 4.78 is 13.5. The Labute approximate surface area is 139 Å². The minimum Gasteiger partial charge on any atom is -0.349 e. The molecule has 7 heteroatoms. The van der Waals surface area contributed by atoms with E-state index in [1.165, 1.54) is 17.0 Å². The van der Waals surface area contributed by atoms with Gasteiger partial charge in [0, 0.05) is 37.5 Å². The first-order valence-electron chi connectivity index (χ1n) is 6.87. The van der Waals surface area contributed by atoms with Gasteiger partial charge in [0.05, 0.1) is 11.1 Å². The lowest BCUT2D eigenvalue weighted by atomic mass is 10.1. The van der Waals surface area contributed by atoms with Gasteiger partial charge >= 0.3 is 0 Å². The molecule has 1 N–H and O–H groups in total. The predicted octanol–water partition coefficient (Wildman–Crippen LogP) is 3.57. The molecule has 1 aromatic carbocycles. The molecule has 0 bridgehead atoms. The SMILES string of the molecule is C[C@@H](NC(=O)CCCC(=O)N(C)C)c1c(Cl)ccc(F)c1Cl. The maximum atomic E-state index is 13.5. The second-order valence-corrected chi connectivity index (χ2v) is 5.97. The predicted molar refractivity (Wildman–Crippen MR) is 85.5 cm³/mol. The number of carbonyl (C=O) groups excluding carboxylic acids is 2. The van der Waals surface area contributed by atoms with Gasteiger partial charge in [0.2, 0.25) is 11.8 Å². The fourth-order valence-electron chi connectivity index (χ4n) is 1.95. The zero-order valence-corrected chi connectivity index (χ0v) is 14.3. The summed E-state index contributed by atoms with van der Waals surface area (Å²) in [5.74, 6) is -0.855. The Hall–Kier alpha value is -1.33. The zero-order valence-electron chi connectivity index (χ0n) is 12.8. The highest BCUT2D eigenvalue weighted by Crippen LogP contribution is 2.32. The van der Waals surface area contributed by atoms with Gasteiger partial charge < -0.3 is 10.2 Å². The number of rotatable bonds is 6. The van der Waals surface area contributed by atoms with E-state index in [2.05, 4.69) is 5.32 Å². The number of hydrogen-bond donors (Lipinski definition) is 1. The molecule has 2 amide bonds. The first kappa shape index (κ1) is 18.7. The second-order valence-electron chi connectivity index (χ2n) is 5.19. The molecule has 4 nitrogen and oxygen atoms in total. The number of amides is 2. The molecule has 0 saturated heterocycles. The summed E-state index contributed by atoms with van der Waals surface area (Å²) >= 11 is 11.9. The van der Waals surface area contributed by atoms with E-state index in [0.717, 1.165) is 0 Å². The van der Waals surface area contributed by atoms with E-state index in [9.17, 15) is 14.0 Å². The molecule has 0 aliphatic heterocycles. The molecule has 0 unspecified atom stereocenters. The highest BCUT2D eigenvalue weighted by Gasteiger charge is 2.18. The largest absolute Gasteiger partial charge is 0.349 e. The average molecular weight is 349 g/mol. The molecule has 0 radical (unpaired) electrons. The van der Waals surface area contributed by atoms with Crippen molar-refractivity contribution in [2.45, 2.75) is 32.2 Å². The molecule has 0 aromatic heterocycles. The minimum atomic E-state index is -0.584. The summed E-state index contributed by atoms with van der Waals surface area (Å²) in [6.45, 7) is 1.68. The Morgan fingerprint density at radius 2 is 1.91 bits per heavy atom. The number of nitrogens with one attached hydrogen (secondary N) is 1. The summed E-state index contributed by atoms with van der Waals surface area (Å²) in [6, 6.07) is 2.05. The van der Waals surface area contributed by atoms with Crippen LogP contribution in [-0.2, 0) is 9.59 Å². The fraction of sp³-hybridized carbons (Fsp3) is 0.467. The van der Waals surface area contributed by atoms with Crippen molar-refractivity contribution in [2.24, 2.45) is 0 Å². The van der Waals surface area contributed by atoms with Crippen molar-refractivity contribution < 1.29 is 14.0 Å². The van der Waals surface area contributed by atoms with Crippen molar-refractivity contribution >= 4 is 35.0 Å². The molecule has 122 valence electrons. The minimum absolute atomic E-state index is 0.0305. The molecular weight excluding hydrogens is 330 g/mol. The van der Waals surface area contributed by atoms with E-state index in [-0.39, 0.29) is 23.3 Å². The Morgan fingerprint density at radius 1 is 1.27 bits per heavy atom. The number of halogens is 3. The quantitative estimate of drug-likeness (QED) is 0.799. The zero-order chi connectivity index (χ0) is 16.9. The van der Waals surface area contributed by atoms with E-state index in [1.54, 1.807) is 21.0 Å². The van der Waals surface area contributed by atoms with E-state index in [4.69, 9.17) is 23.2 Å². The topological polar surface area (TPSA) is 49.4 Å². The molecule has 0 spiro atoms. The van der Waals surface area contributed by atoms with E-state index in [1.807, 2.05) is 0 Å². The summed E-state index contributed by atoms with van der Waals surface area (Å²) in [7, 11) is 3.33. The highest BCUT2D eigenvalue weighted by atomic mass is 35.5. The number of nitrogens with zero attached hydrogens (tertiary/aromatic N) is 1. The molecule has 0 heterocycles. The van der Waals surface area contributed by atoms with Gasteiger partial charge in [-0.2, -0.15) is 0 Å². The van der Waals surface area contributed by atoms with Crippen LogP contribution in [0.25, 0.3) is 0 Å². The Morgan fingerprint density at radius 3 is 2.50 bits per heavy atom. The van der Waals surface area contributed by atoms with Gasteiger partial charge in [-0.1, -0.05) is 23.2 Å². The van der Waals surface area contributed by atoms with Crippen LogP contribution in [0.3, 0.4) is 0 Å². The molecule has 1 aromatic rings. The van der Waals surface area contributed by atoms with Crippen molar-refractivity contribution in [3.05, 3.63) is 33.6 Å². The summed E-state index contributed by atoms with van der Waals surface area (Å²) in [5.41, 5.74) is 0.348. The maximum absolute atomic E-state index is 13.5. The molecular formula is C15H19Cl2FN2O2. The number of hydrogen-bond acceptors (Lipinski definition) is 2. The molecule has 22 heavy (non-hydrogen) atoms. The molecule has 1 rings (SSSR count). The van der Waals surface area contributed by atoms with Crippen LogP contribution in [0.1, 0.15) is 37.8 Å². The number of carbonyl (C=O) groups is 2. The van der Waals surface area contributed by atoms with Crippen LogP contribution in [0, 0.1) is 5.82 Å². The molecule has 0 aliphatic rings. The number of benzene rings is 1. The van der Waals surface area contributed by atoms with Crippen LogP contribution in [0.2, 0.25) is 10.0 Å². The third kappa shape index (κ3) is 5.14. The van der Waals surface area contributed by atoms with Crippen LogP contribution in [0.4, 0.5) is 4.39 Å². The van der Waals surface area contributed by atoms with Crippen molar-refractivity contribution in [3.63, 3.8) is 0 Å². The van der Waals surface area contributed by atoms with Crippen LogP contribution in [0.15, 0.2) is 12.1 Å². The van der Waals surface area contributed by atoms with Crippen LogP contribution < -0.4 is 5.32 Å². The molecule has 0 saturated carbocycles. The lowest BCUT2D eigenvalue weighted by Gasteiger charge is -2.17. The summed E-state index contributed by atoms with van der Waals surface area (Å²) in [4.78, 5) is 24.8. The van der Waals surface area contributed by atoms with Gasteiger partial charge in [0.15, 0.2) is 0 Å². The molecule has 1 atom stereocenters. The Balaban J connectivity index is 2.58. The van der Waals surface area contributed by atoms with Crippen molar-refractivity contribution in [1.82, 2.24) is 10.2 Å². The summed E-state index contributed by atoms with van der Waals surface area (Å²) in [5, 5.41) is 2.91. The normalized spacial score (nSPS) is 11.9. The third-order valence-electron chi connectivity index (χ3n) is 3.18. The van der Waals surface area contributed by atoms with E-state index < -0.39 is 11.9 Å². The smallest absolute Gasteiger partial charge is 0.222 e.